The molecule has 3 heteroatoms. The van der Waals surface area contributed by atoms with E-state index in [0.29, 0.717) is 5.41 Å². The number of hydrogen-bond acceptors (Lipinski definition) is 2. The molecule has 1 saturated heterocycles. The molecular formula is C17H27ClN2. The highest BCUT2D eigenvalue weighted by molar-refractivity contribution is 6.33. The molecule has 20 heavy (non-hydrogen) atoms. The second-order valence-corrected chi connectivity index (χ2v) is 6.60. The van der Waals surface area contributed by atoms with Gasteiger partial charge in [-0.2, -0.15) is 0 Å². The Labute approximate surface area is 128 Å². The van der Waals surface area contributed by atoms with Gasteiger partial charge in [-0.25, -0.2) is 0 Å². The van der Waals surface area contributed by atoms with Crippen LogP contribution in [0.1, 0.15) is 58.1 Å². The van der Waals surface area contributed by atoms with Crippen LogP contribution in [0.25, 0.3) is 0 Å². The van der Waals surface area contributed by atoms with E-state index in [4.69, 9.17) is 17.3 Å². The van der Waals surface area contributed by atoms with E-state index in [0.717, 1.165) is 29.4 Å². The van der Waals surface area contributed by atoms with Crippen LogP contribution in [0.4, 0.5) is 5.69 Å². The Morgan fingerprint density at radius 1 is 1.25 bits per heavy atom. The summed E-state index contributed by atoms with van der Waals surface area (Å²) >= 11 is 6.45. The lowest BCUT2D eigenvalue weighted by molar-refractivity contribution is 0.199. The molecule has 0 spiro atoms. The number of nitrogens with two attached hydrogens (primary N) is 1. The molecule has 1 heterocycles. The lowest BCUT2D eigenvalue weighted by Gasteiger charge is -2.42. The van der Waals surface area contributed by atoms with E-state index in [2.05, 4.69) is 30.9 Å². The minimum Gasteiger partial charge on any atom is -0.370 e. The molecule has 2 rings (SSSR count). The zero-order valence-electron chi connectivity index (χ0n) is 13.0. The molecular weight excluding hydrogens is 268 g/mol. The molecule has 0 radical (unpaired) electrons. The second kappa shape index (κ2) is 6.36. The van der Waals surface area contributed by atoms with Gasteiger partial charge in [0.2, 0.25) is 0 Å². The van der Waals surface area contributed by atoms with E-state index in [1.807, 2.05) is 13.0 Å². The maximum atomic E-state index is 6.45. The van der Waals surface area contributed by atoms with Gasteiger partial charge >= 0.3 is 0 Å². The van der Waals surface area contributed by atoms with Gasteiger partial charge in [-0.3, -0.25) is 0 Å². The molecule has 1 atom stereocenters. The Bertz CT molecular complexity index is 442. The molecule has 112 valence electrons. The maximum Gasteiger partial charge on any atom is 0.0642 e. The summed E-state index contributed by atoms with van der Waals surface area (Å²) in [6, 6.07) is 6.29. The predicted octanol–water partition coefficient (Wildman–Crippen LogP) is 4.77. The van der Waals surface area contributed by atoms with E-state index >= 15 is 0 Å². The summed E-state index contributed by atoms with van der Waals surface area (Å²) in [5.74, 6) is 0. The Morgan fingerprint density at radius 2 is 1.85 bits per heavy atom. The monoisotopic (exact) mass is 294 g/mol. The van der Waals surface area contributed by atoms with Crippen LogP contribution in [0.2, 0.25) is 5.02 Å². The molecule has 0 amide bonds. The molecule has 0 saturated carbocycles. The minimum atomic E-state index is 0.0377. The van der Waals surface area contributed by atoms with Crippen LogP contribution in [-0.4, -0.2) is 13.1 Å². The summed E-state index contributed by atoms with van der Waals surface area (Å²) in [7, 11) is 0. The Kier molecular flexibility index (Phi) is 4.98. The fourth-order valence-electron chi connectivity index (χ4n) is 3.24. The van der Waals surface area contributed by atoms with Crippen molar-refractivity contribution >= 4 is 17.3 Å². The molecule has 1 aliphatic rings. The molecule has 2 N–H and O–H groups in total. The second-order valence-electron chi connectivity index (χ2n) is 6.19. The van der Waals surface area contributed by atoms with Gasteiger partial charge in [0.15, 0.2) is 0 Å². The molecule has 1 fully saturated rings. The first-order chi connectivity index (χ1) is 9.51. The van der Waals surface area contributed by atoms with E-state index < -0.39 is 0 Å². The van der Waals surface area contributed by atoms with Crippen LogP contribution in [0, 0.1) is 5.41 Å². The summed E-state index contributed by atoms with van der Waals surface area (Å²) in [5.41, 5.74) is 8.73. The summed E-state index contributed by atoms with van der Waals surface area (Å²) < 4.78 is 0. The third-order valence-electron chi connectivity index (χ3n) is 5.16. The van der Waals surface area contributed by atoms with Crippen LogP contribution in [-0.2, 0) is 0 Å². The van der Waals surface area contributed by atoms with Gasteiger partial charge in [0.1, 0.15) is 0 Å². The first-order valence-corrected chi connectivity index (χ1v) is 8.19. The number of rotatable bonds is 4. The molecule has 0 aliphatic carbocycles. The van der Waals surface area contributed by atoms with Crippen molar-refractivity contribution in [3.05, 3.63) is 28.8 Å². The first-order valence-electron chi connectivity index (χ1n) is 7.81. The average molecular weight is 295 g/mol. The van der Waals surface area contributed by atoms with Crippen molar-refractivity contribution in [1.82, 2.24) is 0 Å². The van der Waals surface area contributed by atoms with Gasteiger partial charge in [-0.1, -0.05) is 44.4 Å². The van der Waals surface area contributed by atoms with Gasteiger partial charge < -0.3 is 10.6 Å². The Morgan fingerprint density at radius 3 is 2.30 bits per heavy atom. The lowest BCUT2D eigenvalue weighted by Crippen LogP contribution is -2.39. The normalized spacial score (nSPS) is 19.9. The van der Waals surface area contributed by atoms with Crippen LogP contribution in [0.15, 0.2) is 18.2 Å². The molecule has 0 aromatic heterocycles. The van der Waals surface area contributed by atoms with Crippen molar-refractivity contribution in [2.24, 2.45) is 11.1 Å². The summed E-state index contributed by atoms with van der Waals surface area (Å²) in [6.45, 7) is 8.86. The summed E-state index contributed by atoms with van der Waals surface area (Å²) in [5, 5.41) is 0.834. The van der Waals surface area contributed by atoms with Crippen LogP contribution >= 0.6 is 11.6 Å². The highest BCUT2D eigenvalue weighted by atomic mass is 35.5. The van der Waals surface area contributed by atoms with Crippen molar-refractivity contribution in [1.29, 1.82) is 0 Å². The van der Waals surface area contributed by atoms with Gasteiger partial charge in [0, 0.05) is 19.1 Å². The standard InChI is InChI=1S/C17H27ClN2/c1-4-17(5-2)8-10-20(11-9-17)16-7-6-14(13(3)19)12-15(16)18/h6-7,12-13H,4-5,8-11,19H2,1-3H3/t13-/m1/s1. The van der Waals surface area contributed by atoms with Gasteiger partial charge in [0.05, 0.1) is 10.7 Å². The predicted molar refractivity (Wildman–Crippen MR) is 88.5 cm³/mol. The number of hydrogen-bond donors (Lipinski definition) is 1. The highest BCUT2D eigenvalue weighted by Gasteiger charge is 2.31. The molecule has 1 aromatic rings. The quantitative estimate of drug-likeness (QED) is 0.867. The Balaban J connectivity index is 2.11. The van der Waals surface area contributed by atoms with Crippen LogP contribution < -0.4 is 10.6 Å². The number of halogens is 1. The third-order valence-corrected chi connectivity index (χ3v) is 5.47. The molecule has 0 bridgehead atoms. The number of benzene rings is 1. The van der Waals surface area contributed by atoms with Gasteiger partial charge in [0.25, 0.3) is 0 Å². The maximum absolute atomic E-state index is 6.45. The topological polar surface area (TPSA) is 29.3 Å². The molecule has 1 aliphatic heterocycles. The van der Waals surface area contributed by atoms with E-state index in [-0.39, 0.29) is 6.04 Å². The molecule has 2 nitrogen and oxygen atoms in total. The van der Waals surface area contributed by atoms with Crippen molar-refractivity contribution in [2.45, 2.75) is 52.5 Å². The van der Waals surface area contributed by atoms with Crippen molar-refractivity contribution < 1.29 is 0 Å². The van der Waals surface area contributed by atoms with Crippen molar-refractivity contribution in [2.75, 3.05) is 18.0 Å². The van der Waals surface area contributed by atoms with Gasteiger partial charge in [-0.15, -0.1) is 0 Å². The van der Waals surface area contributed by atoms with Crippen molar-refractivity contribution in [3.63, 3.8) is 0 Å². The van der Waals surface area contributed by atoms with Crippen molar-refractivity contribution in [3.8, 4) is 0 Å². The number of piperidine rings is 1. The fraction of sp³-hybridized carbons (Fsp3) is 0.647. The number of anilines is 1. The smallest absolute Gasteiger partial charge is 0.0642 e. The average Bonchev–Trinajstić information content (AvgIpc) is 2.47. The zero-order chi connectivity index (χ0) is 14.8. The highest BCUT2D eigenvalue weighted by Crippen LogP contribution is 2.40. The van der Waals surface area contributed by atoms with E-state index in [1.165, 1.54) is 25.7 Å². The number of nitrogens with zero attached hydrogens (tertiary/aromatic N) is 1. The molecule has 1 aromatic carbocycles. The minimum absolute atomic E-state index is 0.0377. The Hall–Kier alpha value is -0.730. The zero-order valence-corrected chi connectivity index (χ0v) is 13.7. The van der Waals surface area contributed by atoms with E-state index in [9.17, 15) is 0 Å². The first kappa shape index (κ1) is 15.7. The fourth-order valence-corrected chi connectivity index (χ4v) is 3.55. The van der Waals surface area contributed by atoms with Crippen LogP contribution in [0.3, 0.4) is 0 Å². The van der Waals surface area contributed by atoms with Gasteiger partial charge in [-0.05, 0) is 42.9 Å². The molecule has 0 unspecified atom stereocenters. The van der Waals surface area contributed by atoms with E-state index in [1.54, 1.807) is 0 Å². The third kappa shape index (κ3) is 3.12. The summed E-state index contributed by atoms with van der Waals surface area (Å²) in [6.07, 6.45) is 5.11. The largest absolute Gasteiger partial charge is 0.370 e. The van der Waals surface area contributed by atoms with Crippen LogP contribution in [0.5, 0.6) is 0 Å². The lowest BCUT2D eigenvalue weighted by atomic mass is 9.74. The SMILES string of the molecule is CCC1(CC)CCN(c2ccc([C@@H](C)N)cc2Cl)CC1. The summed E-state index contributed by atoms with van der Waals surface area (Å²) in [4.78, 5) is 2.43.